The van der Waals surface area contributed by atoms with Crippen LogP contribution in [0.25, 0.3) is 0 Å². The summed E-state index contributed by atoms with van der Waals surface area (Å²) in [6, 6.07) is 21.7. The third kappa shape index (κ3) is 6.41. The van der Waals surface area contributed by atoms with Crippen LogP contribution in [0.1, 0.15) is 55.2 Å². The van der Waals surface area contributed by atoms with Crippen molar-refractivity contribution in [1.82, 2.24) is 5.32 Å². The number of para-hydroxylation sites is 2. The summed E-state index contributed by atoms with van der Waals surface area (Å²) in [5.41, 5.74) is 2.11. The van der Waals surface area contributed by atoms with Crippen molar-refractivity contribution in [2.24, 2.45) is 0 Å². The van der Waals surface area contributed by atoms with Crippen LogP contribution < -0.4 is 15.4 Å². The summed E-state index contributed by atoms with van der Waals surface area (Å²) in [6.07, 6.45) is -3.84. The lowest BCUT2D eigenvalue weighted by atomic mass is 9.71. The number of alkyl halides is 3. The van der Waals surface area contributed by atoms with E-state index in [9.17, 15) is 22.8 Å². The molecule has 42 heavy (non-hydrogen) atoms. The first kappa shape index (κ1) is 30.6. The lowest BCUT2D eigenvalue weighted by Crippen LogP contribution is -2.37. The summed E-state index contributed by atoms with van der Waals surface area (Å²) in [5.74, 6) is -1.23. The molecule has 1 aliphatic carbocycles. The molecule has 9 heteroatoms. The van der Waals surface area contributed by atoms with Crippen LogP contribution in [0.4, 0.5) is 18.9 Å². The number of nitrogens with one attached hydrogen (secondary N) is 2. The number of aliphatic hydroxyl groups is 1. The Kier molecular flexibility index (Phi) is 9.52. The number of hydrogen-bond donors (Lipinski definition) is 3. The van der Waals surface area contributed by atoms with E-state index in [4.69, 9.17) is 9.84 Å². The average molecular weight is 579 g/mol. The van der Waals surface area contributed by atoms with Crippen LogP contribution in [-0.4, -0.2) is 30.5 Å². The molecular weight excluding hydrogens is 545 g/mol. The second-order valence-electron chi connectivity index (χ2n) is 9.98. The first-order chi connectivity index (χ1) is 20.1. The monoisotopic (exact) mass is 578 g/mol. The zero-order chi connectivity index (χ0) is 30.4. The van der Waals surface area contributed by atoms with E-state index in [0.717, 1.165) is 11.6 Å². The van der Waals surface area contributed by atoms with E-state index in [1.54, 1.807) is 38.1 Å². The molecule has 0 fully saturated rings. The number of Topliss-reactive ketones (excluding diaryl/α,β-unsaturated/α-hetero) is 1. The van der Waals surface area contributed by atoms with Gasteiger partial charge in [0.25, 0.3) is 5.91 Å². The molecule has 1 amide bonds. The normalized spacial score (nSPS) is 18.4. The minimum Gasteiger partial charge on any atom is -0.496 e. The SMILES string of the molecule is CCO.COc1ccccc1C1C(C(=O)Nc2ccccc2C(F)(F)F)=C(C)NC2=C1C(=O)CC(c1ccccc1)C2. The second kappa shape index (κ2) is 13.1. The van der Waals surface area contributed by atoms with Gasteiger partial charge in [-0.1, -0.05) is 60.7 Å². The molecule has 3 aromatic carbocycles. The van der Waals surface area contributed by atoms with Crippen molar-refractivity contribution in [3.05, 3.63) is 118 Å². The van der Waals surface area contributed by atoms with Gasteiger partial charge >= 0.3 is 6.18 Å². The molecule has 2 atom stereocenters. The molecule has 5 rings (SSSR count). The summed E-state index contributed by atoms with van der Waals surface area (Å²) in [4.78, 5) is 27.5. The number of halogens is 3. The maximum Gasteiger partial charge on any atom is 0.418 e. The van der Waals surface area contributed by atoms with E-state index in [1.807, 2.05) is 30.3 Å². The lowest BCUT2D eigenvalue weighted by Gasteiger charge is -2.37. The quantitative estimate of drug-likeness (QED) is 0.313. The third-order valence-electron chi connectivity index (χ3n) is 7.27. The van der Waals surface area contributed by atoms with Gasteiger partial charge in [0.15, 0.2) is 5.78 Å². The molecule has 2 unspecified atom stereocenters. The molecule has 0 aromatic heterocycles. The van der Waals surface area contributed by atoms with Gasteiger partial charge in [-0.2, -0.15) is 13.2 Å². The van der Waals surface area contributed by atoms with E-state index in [2.05, 4.69) is 10.6 Å². The molecular formula is C33H33F3N2O4. The first-order valence-corrected chi connectivity index (χ1v) is 13.6. The molecule has 0 saturated carbocycles. The number of dihydropyridines is 1. The summed E-state index contributed by atoms with van der Waals surface area (Å²) in [6.45, 7) is 3.63. The van der Waals surface area contributed by atoms with Gasteiger partial charge in [-0.3, -0.25) is 9.59 Å². The van der Waals surface area contributed by atoms with Crippen LogP contribution in [0.15, 0.2) is 101 Å². The highest BCUT2D eigenvalue weighted by Crippen LogP contribution is 2.48. The smallest absolute Gasteiger partial charge is 0.418 e. The van der Waals surface area contributed by atoms with Gasteiger partial charge in [0.1, 0.15) is 5.75 Å². The molecule has 0 saturated heterocycles. The molecule has 220 valence electrons. The number of aliphatic hydroxyl groups excluding tert-OH is 1. The second-order valence-corrected chi connectivity index (χ2v) is 9.98. The standard InChI is InChI=1S/C31H27F3N2O3.C2H6O/c1-18-27(30(38)36-23-14-8-7-13-22(23)31(32,33)34)28(21-12-6-9-15-26(21)39-2)29-24(35-18)16-20(17-25(29)37)19-10-4-3-5-11-19;1-2-3/h3-15,20,28,35H,16-17H2,1-2H3,(H,36,38);3H,2H2,1H3. The zero-order valence-electron chi connectivity index (χ0n) is 23.6. The molecule has 2 aliphatic rings. The van der Waals surface area contributed by atoms with Crippen molar-refractivity contribution in [3.63, 3.8) is 0 Å². The van der Waals surface area contributed by atoms with Crippen molar-refractivity contribution in [3.8, 4) is 5.75 Å². The molecule has 1 heterocycles. The number of ether oxygens (including phenoxy) is 1. The Labute approximate surface area is 242 Å². The molecule has 0 radical (unpaired) electrons. The summed E-state index contributed by atoms with van der Waals surface area (Å²) < 4.78 is 46.6. The molecule has 6 nitrogen and oxygen atoms in total. The minimum atomic E-state index is -4.65. The topological polar surface area (TPSA) is 87.7 Å². The number of methoxy groups -OCH3 is 1. The summed E-state index contributed by atoms with van der Waals surface area (Å²) >= 11 is 0. The van der Waals surface area contributed by atoms with Crippen LogP contribution in [0, 0.1) is 0 Å². The van der Waals surface area contributed by atoms with Gasteiger partial charge in [-0.05, 0) is 49.9 Å². The summed E-state index contributed by atoms with van der Waals surface area (Å²) in [5, 5.41) is 13.3. The van der Waals surface area contributed by atoms with Gasteiger partial charge in [0, 0.05) is 41.1 Å². The van der Waals surface area contributed by atoms with E-state index in [-0.39, 0.29) is 36.0 Å². The number of allylic oxidation sites excluding steroid dienone is 3. The number of anilines is 1. The van der Waals surface area contributed by atoms with Crippen LogP contribution in [0.5, 0.6) is 5.75 Å². The Bertz CT molecular complexity index is 1510. The molecule has 0 bridgehead atoms. The fourth-order valence-corrected chi connectivity index (χ4v) is 5.55. The van der Waals surface area contributed by atoms with Crippen molar-refractivity contribution < 1.29 is 32.6 Å². The van der Waals surface area contributed by atoms with Crippen molar-refractivity contribution in [2.45, 2.75) is 44.7 Å². The van der Waals surface area contributed by atoms with Gasteiger partial charge in [0.2, 0.25) is 0 Å². The minimum absolute atomic E-state index is 0.0369. The summed E-state index contributed by atoms with van der Waals surface area (Å²) in [7, 11) is 1.50. The average Bonchev–Trinajstić information content (AvgIpc) is 2.97. The van der Waals surface area contributed by atoms with Crippen molar-refractivity contribution >= 4 is 17.4 Å². The number of hydrogen-bond acceptors (Lipinski definition) is 5. The number of ketones is 1. The highest BCUT2D eigenvalue weighted by Gasteiger charge is 2.42. The Hall–Kier alpha value is -4.37. The number of carbonyl (C=O) groups excluding carboxylic acids is 2. The van der Waals surface area contributed by atoms with Crippen molar-refractivity contribution in [2.75, 3.05) is 19.0 Å². The Morgan fingerprint density at radius 2 is 1.62 bits per heavy atom. The predicted molar refractivity (Wildman–Crippen MR) is 155 cm³/mol. The van der Waals surface area contributed by atoms with Crippen LogP contribution >= 0.6 is 0 Å². The predicted octanol–water partition coefficient (Wildman–Crippen LogP) is 6.71. The van der Waals surface area contributed by atoms with Crippen molar-refractivity contribution in [1.29, 1.82) is 0 Å². The maximum atomic E-state index is 13.8. The van der Waals surface area contributed by atoms with Gasteiger partial charge < -0.3 is 20.5 Å². The van der Waals surface area contributed by atoms with Crippen LogP contribution in [-0.2, 0) is 15.8 Å². The third-order valence-corrected chi connectivity index (χ3v) is 7.27. The highest BCUT2D eigenvalue weighted by molar-refractivity contribution is 6.10. The number of benzene rings is 3. The zero-order valence-corrected chi connectivity index (χ0v) is 23.6. The number of amides is 1. The number of carbonyl (C=O) groups is 2. The number of rotatable bonds is 5. The van der Waals surface area contributed by atoms with E-state index in [1.165, 1.54) is 25.3 Å². The van der Waals surface area contributed by atoms with Crippen LogP contribution in [0.2, 0.25) is 0 Å². The molecule has 1 aliphatic heterocycles. The maximum absolute atomic E-state index is 13.8. The Morgan fingerprint density at radius 3 is 2.29 bits per heavy atom. The van der Waals surface area contributed by atoms with E-state index < -0.39 is 23.6 Å². The molecule has 3 aromatic rings. The Balaban J connectivity index is 0.00000129. The van der Waals surface area contributed by atoms with Gasteiger partial charge in [0.05, 0.1) is 24.3 Å². The van der Waals surface area contributed by atoms with E-state index >= 15 is 0 Å². The molecule has 3 N–H and O–H groups in total. The van der Waals surface area contributed by atoms with Crippen LogP contribution in [0.3, 0.4) is 0 Å². The fraction of sp³-hybridized carbons (Fsp3) is 0.273. The lowest BCUT2D eigenvalue weighted by molar-refractivity contribution is -0.137. The van der Waals surface area contributed by atoms with Gasteiger partial charge in [-0.25, -0.2) is 0 Å². The highest BCUT2D eigenvalue weighted by atomic mass is 19.4. The Morgan fingerprint density at radius 1 is 1.00 bits per heavy atom. The largest absolute Gasteiger partial charge is 0.496 e. The first-order valence-electron chi connectivity index (χ1n) is 13.6. The van der Waals surface area contributed by atoms with Gasteiger partial charge in [-0.15, -0.1) is 0 Å². The molecule has 0 spiro atoms. The van der Waals surface area contributed by atoms with E-state index in [0.29, 0.717) is 34.7 Å². The fourth-order valence-electron chi connectivity index (χ4n) is 5.55.